The summed E-state index contributed by atoms with van der Waals surface area (Å²) in [4.78, 5) is 42.2. The highest BCUT2D eigenvalue weighted by molar-refractivity contribution is 7.10. The van der Waals surface area contributed by atoms with Gasteiger partial charge < -0.3 is 10.1 Å². The largest absolute Gasteiger partial charge is 0.442 e. The summed E-state index contributed by atoms with van der Waals surface area (Å²) >= 11 is 1.51. The number of aryl methyl sites for hydroxylation is 1. The van der Waals surface area contributed by atoms with Crippen LogP contribution in [0.5, 0.6) is 0 Å². The molecule has 1 aliphatic heterocycles. The van der Waals surface area contributed by atoms with Gasteiger partial charge in [-0.15, -0.1) is 11.3 Å². The number of fused-ring (bicyclic) bond motifs is 1. The third kappa shape index (κ3) is 4.22. The third-order valence-corrected chi connectivity index (χ3v) is 5.75. The smallest absolute Gasteiger partial charge is 0.414 e. The zero-order chi connectivity index (χ0) is 20.4. The summed E-state index contributed by atoms with van der Waals surface area (Å²) in [5.74, 6) is -0.142. The van der Waals surface area contributed by atoms with Gasteiger partial charge in [-0.2, -0.15) is 0 Å². The molecule has 0 spiro atoms. The number of allylic oxidation sites excluding steroid dienone is 1. The van der Waals surface area contributed by atoms with Gasteiger partial charge in [-0.3, -0.25) is 14.5 Å². The van der Waals surface area contributed by atoms with Crippen LogP contribution in [0.3, 0.4) is 0 Å². The minimum Gasteiger partial charge on any atom is -0.442 e. The molecule has 2 aromatic rings. The molecule has 0 unspecified atom stereocenters. The summed E-state index contributed by atoms with van der Waals surface area (Å²) in [6.07, 6.45) is 5.10. The summed E-state index contributed by atoms with van der Waals surface area (Å²) in [6, 6.07) is 5.48. The molecule has 2 aliphatic rings. The molecule has 1 N–H and O–H groups in total. The predicted octanol–water partition coefficient (Wildman–Crippen LogP) is 3.21. The number of aromatic nitrogens is 1. The summed E-state index contributed by atoms with van der Waals surface area (Å²) in [6.45, 7) is 2.07. The van der Waals surface area contributed by atoms with Crippen LogP contribution in [0.4, 0.5) is 10.5 Å². The molecule has 0 radical (unpaired) electrons. The van der Waals surface area contributed by atoms with Crippen molar-refractivity contribution >= 4 is 40.9 Å². The minimum absolute atomic E-state index is 0.0202. The number of hydrogen-bond donors (Lipinski definition) is 1. The number of nitrogens with zero attached hydrogens (tertiary/aromatic N) is 2. The zero-order valence-corrected chi connectivity index (χ0v) is 16.8. The molecule has 150 valence electrons. The second-order valence-electron chi connectivity index (χ2n) is 7.12. The standard InChI is InChI=1S/C21H21N3O4S/c1-13(25)23-11-17-12-24(21(27)28-17)16-5-6-18-14(9-16)3-2-4-15(20(18)26)10-19-22-7-8-29-19/h5-10,17H,2-4,11-12H2,1H3,(H,23,25)/t17-/m0/s1. The Bertz CT molecular complexity index is 984. The van der Waals surface area contributed by atoms with Crippen molar-refractivity contribution in [2.45, 2.75) is 32.3 Å². The van der Waals surface area contributed by atoms with Crippen LogP contribution < -0.4 is 10.2 Å². The Morgan fingerprint density at radius 1 is 1.38 bits per heavy atom. The first-order valence-corrected chi connectivity index (χ1v) is 10.4. The van der Waals surface area contributed by atoms with Crippen molar-refractivity contribution < 1.29 is 19.1 Å². The Morgan fingerprint density at radius 3 is 3.00 bits per heavy atom. The molecule has 8 heteroatoms. The number of hydrogen-bond acceptors (Lipinski definition) is 6. The van der Waals surface area contributed by atoms with Gasteiger partial charge in [-0.05, 0) is 49.1 Å². The van der Waals surface area contributed by atoms with E-state index in [4.69, 9.17) is 4.74 Å². The lowest BCUT2D eigenvalue weighted by atomic mass is 9.99. The van der Waals surface area contributed by atoms with Crippen molar-refractivity contribution in [3.05, 3.63) is 51.5 Å². The van der Waals surface area contributed by atoms with Gasteiger partial charge in [0.25, 0.3) is 0 Å². The van der Waals surface area contributed by atoms with Crippen LogP contribution in [-0.4, -0.2) is 42.0 Å². The van der Waals surface area contributed by atoms with E-state index in [1.165, 1.54) is 18.3 Å². The molecule has 1 aromatic heterocycles. The minimum atomic E-state index is -0.440. The van der Waals surface area contributed by atoms with Crippen molar-refractivity contribution in [1.29, 1.82) is 0 Å². The van der Waals surface area contributed by atoms with Crippen molar-refractivity contribution in [1.82, 2.24) is 10.3 Å². The molecule has 7 nitrogen and oxygen atoms in total. The SMILES string of the molecule is CC(=O)NC[C@H]1CN(c2ccc3c(c2)CCCC(=Cc2nccs2)C3=O)C(=O)O1. The lowest BCUT2D eigenvalue weighted by Crippen LogP contribution is -2.33. The van der Waals surface area contributed by atoms with E-state index in [0.717, 1.165) is 29.0 Å². The number of nitrogens with one attached hydrogen (secondary N) is 1. The number of carbonyl (C=O) groups is 3. The van der Waals surface area contributed by atoms with E-state index in [0.29, 0.717) is 24.2 Å². The number of cyclic esters (lactones) is 1. The van der Waals surface area contributed by atoms with Crippen molar-refractivity contribution in [3.63, 3.8) is 0 Å². The van der Waals surface area contributed by atoms with Gasteiger partial charge in [-0.25, -0.2) is 9.78 Å². The number of benzene rings is 1. The second-order valence-corrected chi connectivity index (χ2v) is 8.04. The normalized spacial score (nSPS) is 20.4. The maximum absolute atomic E-state index is 13.0. The van der Waals surface area contributed by atoms with Crippen LogP contribution in [-0.2, 0) is 16.0 Å². The predicted molar refractivity (Wildman–Crippen MR) is 110 cm³/mol. The molecular weight excluding hydrogens is 390 g/mol. The van der Waals surface area contributed by atoms with E-state index in [1.54, 1.807) is 23.2 Å². The molecule has 29 heavy (non-hydrogen) atoms. The van der Waals surface area contributed by atoms with Crippen LogP contribution in [0.1, 0.15) is 40.7 Å². The maximum atomic E-state index is 13.0. The van der Waals surface area contributed by atoms with E-state index in [-0.39, 0.29) is 24.3 Å². The molecule has 0 bridgehead atoms. The van der Waals surface area contributed by atoms with Crippen molar-refractivity contribution in [3.8, 4) is 0 Å². The topological polar surface area (TPSA) is 88.6 Å². The number of Topliss-reactive ketones (excluding diaryl/α,β-unsaturated/α-hetero) is 1. The Labute approximate surface area is 172 Å². The molecule has 1 atom stereocenters. The fourth-order valence-electron chi connectivity index (χ4n) is 3.62. The lowest BCUT2D eigenvalue weighted by molar-refractivity contribution is -0.119. The Morgan fingerprint density at radius 2 is 2.24 bits per heavy atom. The maximum Gasteiger partial charge on any atom is 0.414 e. The van der Waals surface area contributed by atoms with Crippen molar-refractivity contribution in [2.24, 2.45) is 0 Å². The van der Waals surface area contributed by atoms with E-state index in [2.05, 4.69) is 10.3 Å². The Hall–Kier alpha value is -3.00. The average Bonchev–Trinajstić information content (AvgIpc) is 3.31. The number of ether oxygens (including phenoxy) is 1. The second kappa shape index (κ2) is 8.16. The molecule has 2 heterocycles. The summed E-state index contributed by atoms with van der Waals surface area (Å²) in [7, 11) is 0. The van der Waals surface area contributed by atoms with Gasteiger partial charge in [0.05, 0.1) is 13.1 Å². The lowest BCUT2D eigenvalue weighted by Gasteiger charge is -2.15. The van der Waals surface area contributed by atoms with Gasteiger partial charge in [0.15, 0.2) is 5.78 Å². The van der Waals surface area contributed by atoms with E-state index in [1.807, 2.05) is 17.5 Å². The molecule has 1 saturated heterocycles. The Balaban J connectivity index is 1.55. The molecule has 2 amide bonds. The van der Waals surface area contributed by atoms with Gasteiger partial charge in [0.1, 0.15) is 11.1 Å². The Kier molecular flexibility index (Phi) is 5.44. The molecule has 0 saturated carbocycles. The van der Waals surface area contributed by atoms with Gasteiger partial charge in [0, 0.05) is 35.3 Å². The highest BCUT2D eigenvalue weighted by Crippen LogP contribution is 2.30. The van der Waals surface area contributed by atoms with Gasteiger partial charge in [-0.1, -0.05) is 0 Å². The first kappa shape index (κ1) is 19.3. The summed E-state index contributed by atoms with van der Waals surface area (Å²) in [5.41, 5.74) is 3.09. The fraction of sp³-hybridized carbons (Fsp3) is 0.333. The number of amides is 2. The van der Waals surface area contributed by atoms with Crippen LogP contribution in [0.25, 0.3) is 6.08 Å². The third-order valence-electron chi connectivity index (χ3n) is 5.03. The van der Waals surface area contributed by atoms with Gasteiger partial charge in [0.2, 0.25) is 5.91 Å². The van der Waals surface area contributed by atoms with E-state index >= 15 is 0 Å². The summed E-state index contributed by atoms with van der Waals surface area (Å²) < 4.78 is 5.33. The number of ketones is 1. The molecular formula is C21H21N3O4S. The fourth-order valence-corrected chi connectivity index (χ4v) is 4.21. The van der Waals surface area contributed by atoms with E-state index in [9.17, 15) is 14.4 Å². The summed E-state index contributed by atoms with van der Waals surface area (Å²) in [5, 5.41) is 5.39. The van der Waals surface area contributed by atoms with E-state index < -0.39 is 6.09 Å². The number of carbonyl (C=O) groups excluding carboxylic acids is 3. The van der Waals surface area contributed by atoms with Crippen LogP contribution in [0.15, 0.2) is 35.3 Å². The molecule has 1 fully saturated rings. The average molecular weight is 411 g/mol. The number of rotatable bonds is 4. The first-order valence-electron chi connectivity index (χ1n) is 9.51. The monoisotopic (exact) mass is 411 g/mol. The van der Waals surface area contributed by atoms with Crippen molar-refractivity contribution in [2.75, 3.05) is 18.0 Å². The highest BCUT2D eigenvalue weighted by atomic mass is 32.1. The molecule has 4 rings (SSSR count). The molecule has 1 aliphatic carbocycles. The number of thiazole rings is 1. The highest BCUT2D eigenvalue weighted by Gasteiger charge is 2.33. The van der Waals surface area contributed by atoms with Gasteiger partial charge >= 0.3 is 6.09 Å². The molecule has 1 aromatic carbocycles. The van der Waals surface area contributed by atoms with Crippen LogP contribution in [0.2, 0.25) is 0 Å². The first-order chi connectivity index (χ1) is 14.0. The van der Waals surface area contributed by atoms with Crippen LogP contribution in [0, 0.1) is 0 Å². The number of anilines is 1. The zero-order valence-electron chi connectivity index (χ0n) is 16.0. The quantitative estimate of drug-likeness (QED) is 0.617. The van der Waals surface area contributed by atoms with Crippen LogP contribution >= 0.6 is 11.3 Å².